The molecule has 0 radical (unpaired) electrons. The Morgan fingerprint density at radius 2 is 2.00 bits per heavy atom. The molecule has 8 heteroatoms. The van der Waals surface area contributed by atoms with E-state index >= 15 is 0 Å². The monoisotopic (exact) mass is 370 g/mol. The van der Waals surface area contributed by atoms with Gasteiger partial charge in [-0.25, -0.2) is 12.8 Å². The molecule has 2 rings (SSSR count). The van der Waals surface area contributed by atoms with Crippen molar-refractivity contribution in [1.82, 2.24) is 9.62 Å². The molecule has 0 spiro atoms. The summed E-state index contributed by atoms with van der Waals surface area (Å²) >= 11 is 5.67. The number of nitrogens with one attached hydrogen (secondary N) is 1. The lowest BCUT2D eigenvalue weighted by atomic mass is 9.95. The Labute approximate surface area is 142 Å². The standard InChI is InChI=1S/C14H20ClFN2O2S.ClH/c1-17-8-5-11-6-9-18(10-7-11)21(19,20)13-4-2-3-12(15)14(13)16;/h2-4,11,17H,5-10H2,1H3;1H. The van der Waals surface area contributed by atoms with Crippen LogP contribution < -0.4 is 5.32 Å². The molecule has 1 N–H and O–H groups in total. The highest BCUT2D eigenvalue weighted by molar-refractivity contribution is 7.89. The van der Waals surface area contributed by atoms with Gasteiger partial charge in [-0.15, -0.1) is 12.4 Å². The summed E-state index contributed by atoms with van der Waals surface area (Å²) in [6.45, 7) is 1.80. The summed E-state index contributed by atoms with van der Waals surface area (Å²) < 4.78 is 40.3. The van der Waals surface area contributed by atoms with E-state index in [0.717, 1.165) is 25.8 Å². The summed E-state index contributed by atoms with van der Waals surface area (Å²) in [5, 5.41) is 2.93. The van der Waals surface area contributed by atoms with Gasteiger partial charge in [0.15, 0.2) is 5.82 Å². The first-order valence-electron chi connectivity index (χ1n) is 7.05. The van der Waals surface area contributed by atoms with Crippen LogP contribution in [-0.2, 0) is 10.0 Å². The smallest absolute Gasteiger partial charge is 0.246 e. The van der Waals surface area contributed by atoms with Crippen molar-refractivity contribution in [2.45, 2.75) is 24.2 Å². The Morgan fingerprint density at radius 1 is 1.36 bits per heavy atom. The zero-order valence-corrected chi connectivity index (χ0v) is 14.8. The largest absolute Gasteiger partial charge is 0.320 e. The molecule has 126 valence electrons. The molecule has 1 aliphatic heterocycles. The summed E-state index contributed by atoms with van der Waals surface area (Å²) in [6.07, 6.45) is 2.65. The van der Waals surface area contributed by atoms with Crippen LogP contribution in [0, 0.1) is 11.7 Å². The average Bonchev–Trinajstić information content (AvgIpc) is 2.48. The van der Waals surface area contributed by atoms with Crippen LogP contribution in [0.1, 0.15) is 19.3 Å². The summed E-state index contributed by atoms with van der Waals surface area (Å²) in [7, 11) is -1.90. The number of hydrogen-bond donors (Lipinski definition) is 1. The van der Waals surface area contributed by atoms with E-state index in [9.17, 15) is 12.8 Å². The maximum absolute atomic E-state index is 13.9. The van der Waals surface area contributed by atoms with E-state index in [1.165, 1.54) is 22.5 Å². The van der Waals surface area contributed by atoms with E-state index in [2.05, 4.69) is 5.32 Å². The van der Waals surface area contributed by atoms with Gasteiger partial charge in [0.1, 0.15) is 4.90 Å². The molecule has 1 heterocycles. The lowest BCUT2D eigenvalue weighted by molar-refractivity contribution is 0.262. The fraction of sp³-hybridized carbons (Fsp3) is 0.571. The third-order valence-electron chi connectivity index (χ3n) is 3.91. The molecule has 22 heavy (non-hydrogen) atoms. The Hall–Kier alpha value is -0.400. The molecule has 0 saturated carbocycles. The first-order chi connectivity index (χ1) is 9.96. The first kappa shape index (κ1) is 19.6. The van der Waals surface area contributed by atoms with Gasteiger partial charge >= 0.3 is 0 Å². The Morgan fingerprint density at radius 3 is 2.59 bits per heavy atom. The second kappa shape index (κ2) is 8.45. The van der Waals surface area contributed by atoms with Crippen LogP contribution in [0.15, 0.2) is 23.1 Å². The lowest BCUT2D eigenvalue weighted by Gasteiger charge is -2.31. The summed E-state index contributed by atoms with van der Waals surface area (Å²) in [4.78, 5) is -0.330. The van der Waals surface area contributed by atoms with Crippen LogP contribution in [0.4, 0.5) is 4.39 Å². The van der Waals surface area contributed by atoms with Gasteiger partial charge < -0.3 is 5.32 Å². The zero-order valence-electron chi connectivity index (χ0n) is 12.4. The topological polar surface area (TPSA) is 49.4 Å². The molecule has 0 amide bonds. The van der Waals surface area contributed by atoms with Gasteiger partial charge in [-0.1, -0.05) is 17.7 Å². The van der Waals surface area contributed by atoms with E-state index in [1.54, 1.807) is 0 Å². The van der Waals surface area contributed by atoms with Crippen molar-refractivity contribution < 1.29 is 12.8 Å². The fourth-order valence-electron chi connectivity index (χ4n) is 2.61. The molecule has 0 aliphatic carbocycles. The van der Waals surface area contributed by atoms with Crippen LogP contribution in [-0.4, -0.2) is 39.4 Å². The van der Waals surface area contributed by atoms with Crippen molar-refractivity contribution in [3.05, 3.63) is 29.0 Å². The van der Waals surface area contributed by atoms with E-state index in [4.69, 9.17) is 11.6 Å². The SMILES string of the molecule is CNCCC1CCN(S(=O)(=O)c2cccc(Cl)c2F)CC1.Cl. The molecule has 1 aliphatic rings. The molecule has 4 nitrogen and oxygen atoms in total. The number of sulfonamides is 1. The van der Waals surface area contributed by atoms with Crippen molar-refractivity contribution in [2.75, 3.05) is 26.7 Å². The maximum atomic E-state index is 13.9. The minimum atomic E-state index is -3.80. The molecule has 1 fully saturated rings. The Bertz CT molecular complexity index is 591. The van der Waals surface area contributed by atoms with Gasteiger partial charge in [0.2, 0.25) is 10.0 Å². The number of rotatable bonds is 5. The van der Waals surface area contributed by atoms with Crippen LogP contribution in [0.25, 0.3) is 0 Å². The van der Waals surface area contributed by atoms with Gasteiger partial charge in [0, 0.05) is 13.1 Å². The Kier molecular flexibility index (Phi) is 7.55. The highest BCUT2D eigenvalue weighted by Gasteiger charge is 2.31. The van der Waals surface area contributed by atoms with E-state index in [-0.39, 0.29) is 22.3 Å². The fourth-order valence-corrected chi connectivity index (χ4v) is 4.40. The number of hydrogen-bond acceptors (Lipinski definition) is 3. The van der Waals surface area contributed by atoms with Gasteiger partial charge in [-0.3, -0.25) is 0 Å². The molecule has 0 unspecified atom stereocenters. The van der Waals surface area contributed by atoms with Crippen molar-refractivity contribution in [3.8, 4) is 0 Å². The molecular formula is C14H21Cl2FN2O2S. The molecule has 1 saturated heterocycles. The molecular weight excluding hydrogens is 350 g/mol. The summed E-state index contributed by atoms with van der Waals surface area (Å²) in [5.74, 6) is -0.343. The quantitative estimate of drug-likeness (QED) is 0.866. The average molecular weight is 371 g/mol. The molecule has 0 aromatic heterocycles. The molecule has 0 atom stereocenters. The van der Waals surface area contributed by atoms with Gasteiger partial charge in [-0.05, 0) is 50.9 Å². The highest BCUT2D eigenvalue weighted by Crippen LogP contribution is 2.28. The van der Waals surface area contributed by atoms with E-state index in [0.29, 0.717) is 19.0 Å². The predicted molar refractivity (Wildman–Crippen MR) is 88.7 cm³/mol. The van der Waals surface area contributed by atoms with Crippen molar-refractivity contribution in [2.24, 2.45) is 5.92 Å². The number of nitrogens with zero attached hydrogens (tertiary/aromatic N) is 1. The van der Waals surface area contributed by atoms with Crippen LogP contribution in [0.3, 0.4) is 0 Å². The normalized spacial score (nSPS) is 17.2. The van der Waals surface area contributed by atoms with Crippen LogP contribution >= 0.6 is 24.0 Å². The zero-order chi connectivity index (χ0) is 15.5. The van der Waals surface area contributed by atoms with Crippen molar-refractivity contribution in [3.63, 3.8) is 0 Å². The predicted octanol–water partition coefficient (Wildman–Crippen LogP) is 2.91. The number of benzene rings is 1. The van der Waals surface area contributed by atoms with Gasteiger partial charge in [-0.2, -0.15) is 4.31 Å². The first-order valence-corrected chi connectivity index (χ1v) is 8.87. The summed E-state index contributed by atoms with van der Waals surface area (Å²) in [5.41, 5.74) is 0. The van der Waals surface area contributed by atoms with Gasteiger partial charge in [0.25, 0.3) is 0 Å². The molecule has 1 aromatic rings. The van der Waals surface area contributed by atoms with E-state index < -0.39 is 15.8 Å². The number of halogens is 3. The third-order valence-corrected chi connectivity index (χ3v) is 6.12. The molecule has 0 bridgehead atoms. The maximum Gasteiger partial charge on any atom is 0.246 e. The Balaban J connectivity index is 0.00000242. The number of piperidine rings is 1. The minimum absolute atomic E-state index is 0. The van der Waals surface area contributed by atoms with E-state index in [1.807, 2.05) is 7.05 Å². The van der Waals surface area contributed by atoms with Crippen molar-refractivity contribution in [1.29, 1.82) is 0 Å². The lowest BCUT2D eigenvalue weighted by Crippen LogP contribution is -2.39. The second-order valence-corrected chi connectivity index (χ2v) is 7.61. The highest BCUT2D eigenvalue weighted by atomic mass is 35.5. The second-order valence-electron chi connectivity index (χ2n) is 5.29. The minimum Gasteiger partial charge on any atom is -0.320 e. The van der Waals surface area contributed by atoms with Crippen molar-refractivity contribution >= 4 is 34.0 Å². The summed E-state index contributed by atoms with van der Waals surface area (Å²) in [6, 6.07) is 4.07. The molecule has 1 aromatic carbocycles. The van der Waals surface area contributed by atoms with Crippen LogP contribution in [0.2, 0.25) is 5.02 Å². The third kappa shape index (κ3) is 4.32. The van der Waals surface area contributed by atoms with Crippen LogP contribution in [0.5, 0.6) is 0 Å². The van der Waals surface area contributed by atoms with Gasteiger partial charge in [0.05, 0.1) is 5.02 Å².